The summed E-state index contributed by atoms with van der Waals surface area (Å²) in [7, 11) is 2.05. The fraction of sp³-hybridized carbons (Fsp3) is 1.00. The molecular formula is C15H31NO2. The van der Waals surface area contributed by atoms with Crippen LogP contribution in [0.5, 0.6) is 0 Å². The first-order chi connectivity index (χ1) is 8.66. The van der Waals surface area contributed by atoms with Gasteiger partial charge in [-0.2, -0.15) is 0 Å². The van der Waals surface area contributed by atoms with Gasteiger partial charge in [-0.3, -0.25) is 0 Å². The highest BCUT2D eigenvalue weighted by Crippen LogP contribution is 2.25. The van der Waals surface area contributed by atoms with Crippen molar-refractivity contribution >= 4 is 0 Å². The van der Waals surface area contributed by atoms with Gasteiger partial charge < -0.3 is 14.8 Å². The van der Waals surface area contributed by atoms with Crippen molar-refractivity contribution in [2.75, 3.05) is 20.3 Å². The van der Waals surface area contributed by atoms with E-state index in [2.05, 4.69) is 26.1 Å². The molecule has 3 atom stereocenters. The first kappa shape index (κ1) is 15.9. The summed E-state index contributed by atoms with van der Waals surface area (Å²) in [5.74, 6) is 0. The minimum Gasteiger partial charge on any atom is -0.378 e. The predicted molar refractivity (Wildman–Crippen MR) is 76.0 cm³/mol. The molecule has 1 saturated heterocycles. The van der Waals surface area contributed by atoms with E-state index in [0.29, 0.717) is 12.1 Å². The molecule has 1 fully saturated rings. The van der Waals surface area contributed by atoms with Crippen LogP contribution in [0.25, 0.3) is 0 Å². The Morgan fingerprint density at radius 2 is 2.22 bits per heavy atom. The van der Waals surface area contributed by atoms with Gasteiger partial charge in [0.15, 0.2) is 0 Å². The second-order valence-electron chi connectivity index (χ2n) is 5.51. The largest absolute Gasteiger partial charge is 0.378 e. The monoisotopic (exact) mass is 257 g/mol. The maximum absolute atomic E-state index is 5.96. The van der Waals surface area contributed by atoms with Gasteiger partial charge in [0, 0.05) is 19.3 Å². The van der Waals surface area contributed by atoms with E-state index < -0.39 is 0 Å². The van der Waals surface area contributed by atoms with Gasteiger partial charge in [-0.05, 0) is 59.4 Å². The van der Waals surface area contributed by atoms with Crippen molar-refractivity contribution in [1.29, 1.82) is 0 Å². The van der Waals surface area contributed by atoms with Crippen LogP contribution in [-0.2, 0) is 9.47 Å². The summed E-state index contributed by atoms with van der Waals surface area (Å²) in [5.41, 5.74) is -0.0416. The number of ether oxygens (including phenoxy) is 2. The SMILES string of the molecule is CCOC(C)(CC)C(CCCC1CCCO1)NC. The third-order valence-corrected chi connectivity index (χ3v) is 4.30. The summed E-state index contributed by atoms with van der Waals surface area (Å²) >= 11 is 0. The van der Waals surface area contributed by atoms with Crippen molar-refractivity contribution in [3.63, 3.8) is 0 Å². The van der Waals surface area contributed by atoms with Crippen molar-refractivity contribution in [1.82, 2.24) is 5.32 Å². The lowest BCUT2D eigenvalue weighted by atomic mass is 9.89. The summed E-state index contributed by atoms with van der Waals surface area (Å²) in [5, 5.41) is 3.44. The van der Waals surface area contributed by atoms with Gasteiger partial charge in [-0.15, -0.1) is 0 Å². The Labute approximate surface area is 113 Å². The number of nitrogens with one attached hydrogen (secondary N) is 1. The summed E-state index contributed by atoms with van der Waals surface area (Å²) in [6.07, 6.45) is 7.64. The lowest BCUT2D eigenvalue weighted by Gasteiger charge is -2.37. The zero-order valence-corrected chi connectivity index (χ0v) is 12.6. The van der Waals surface area contributed by atoms with Crippen LogP contribution in [0.1, 0.15) is 59.3 Å². The second-order valence-corrected chi connectivity index (χ2v) is 5.51. The van der Waals surface area contributed by atoms with Crippen LogP contribution < -0.4 is 5.32 Å². The third-order valence-electron chi connectivity index (χ3n) is 4.30. The van der Waals surface area contributed by atoms with Crippen LogP contribution in [0.3, 0.4) is 0 Å². The molecule has 0 saturated carbocycles. The van der Waals surface area contributed by atoms with E-state index in [0.717, 1.165) is 19.6 Å². The first-order valence-corrected chi connectivity index (χ1v) is 7.59. The number of rotatable bonds is 9. The van der Waals surface area contributed by atoms with E-state index in [1.165, 1.54) is 32.1 Å². The van der Waals surface area contributed by atoms with Gasteiger partial charge in [0.1, 0.15) is 0 Å². The standard InChI is InChI=1S/C15H31NO2/c1-5-15(3,18-6-2)14(16-4)11-7-9-13-10-8-12-17-13/h13-14,16H,5-12H2,1-4H3. The molecule has 1 N–H and O–H groups in total. The summed E-state index contributed by atoms with van der Waals surface area (Å²) in [6.45, 7) is 8.26. The smallest absolute Gasteiger partial charge is 0.0803 e. The molecule has 0 spiro atoms. The summed E-state index contributed by atoms with van der Waals surface area (Å²) < 4.78 is 11.6. The van der Waals surface area contributed by atoms with Crippen molar-refractivity contribution in [3.8, 4) is 0 Å². The molecule has 3 heteroatoms. The molecule has 3 nitrogen and oxygen atoms in total. The minimum absolute atomic E-state index is 0.0416. The molecular weight excluding hydrogens is 226 g/mol. The quantitative estimate of drug-likeness (QED) is 0.688. The van der Waals surface area contributed by atoms with E-state index in [1.54, 1.807) is 0 Å². The number of hydrogen-bond donors (Lipinski definition) is 1. The van der Waals surface area contributed by atoms with Gasteiger partial charge in [0.05, 0.1) is 11.7 Å². The summed E-state index contributed by atoms with van der Waals surface area (Å²) in [4.78, 5) is 0. The van der Waals surface area contributed by atoms with Gasteiger partial charge in [0.25, 0.3) is 0 Å². The molecule has 3 unspecified atom stereocenters. The zero-order valence-electron chi connectivity index (χ0n) is 12.6. The molecule has 0 aromatic carbocycles. The molecule has 0 amide bonds. The van der Waals surface area contributed by atoms with Crippen LogP contribution in [0.4, 0.5) is 0 Å². The Kier molecular flexibility index (Phi) is 7.20. The third kappa shape index (κ3) is 4.52. The molecule has 108 valence electrons. The predicted octanol–water partition coefficient (Wildman–Crippen LogP) is 3.13. The van der Waals surface area contributed by atoms with E-state index >= 15 is 0 Å². The Bertz CT molecular complexity index is 217. The number of likely N-dealkylation sites (N-methyl/N-ethyl adjacent to an activating group) is 1. The molecule has 1 rings (SSSR count). The molecule has 0 aromatic heterocycles. The van der Waals surface area contributed by atoms with Gasteiger partial charge >= 0.3 is 0 Å². The lowest BCUT2D eigenvalue weighted by Crippen LogP contribution is -2.49. The van der Waals surface area contributed by atoms with Crippen molar-refractivity contribution in [2.45, 2.75) is 77.0 Å². The van der Waals surface area contributed by atoms with Crippen LogP contribution in [0.2, 0.25) is 0 Å². The molecule has 0 aliphatic carbocycles. The fourth-order valence-corrected chi connectivity index (χ4v) is 2.96. The Morgan fingerprint density at radius 1 is 1.44 bits per heavy atom. The van der Waals surface area contributed by atoms with Gasteiger partial charge in [0.2, 0.25) is 0 Å². The minimum atomic E-state index is -0.0416. The normalized spacial score (nSPS) is 25.0. The average Bonchev–Trinajstić information content (AvgIpc) is 2.88. The van der Waals surface area contributed by atoms with Crippen molar-refractivity contribution < 1.29 is 9.47 Å². The topological polar surface area (TPSA) is 30.5 Å². The highest BCUT2D eigenvalue weighted by atomic mass is 16.5. The maximum atomic E-state index is 5.96. The lowest BCUT2D eigenvalue weighted by molar-refractivity contribution is -0.0563. The second kappa shape index (κ2) is 8.13. The molecule has 0 radical (unpaired) electrons. The average molecular weight is 257 g/mol. The van der Waals surface area contributed by atoms with Crippen molar-refractivity contribution in [3.05, 3.63) is 0 Å². The number of hydrogen-bond acceptors (Lipinski definition) is 3. The Hall–Kier alpha value is -0.120. The van der Waals surface area contributed by atoms with Gasteiger partial charge in [-0.25, -0.2) is 0 Å². The van der Waals surface area contributed by atoms with Crippen LogP contribution in [0, 0.1) is 0 Å². The Balaban J connectivity index is 2.34. The van der Waals surface area contributed by atoms with E-state index in [4.69, 9.17) is 9.47 Å². The van der Waals surface area contributed by atoms with E-state index in [-0.39, 0.29) is 5.60 Å². The van der Waals surface area contributed by atoms with Crippen LogP contribution in [0.15, 0.2) is 0 Å². The zero-order chi connectivity index (χ0) is 13.4. The molecule has 18 heavy (non-hydrogen) atoms. The highest BCUT2D eigenvalue weighted by molar-refractivity contribution is 4.88. The fourth-order valence-electron chi connectivity index (χ4n) is 2.96. The molecule has 0 aromatic rings. The maximum Gasteiger partial charge on any atom is 0.0803 e. The summed E-state index contributed by atoms with van der Waals surface area (Å²) in [6, 6.07) is 0.434. The first-order valence-electron chi connectivity index (χ1n) is 7.59. The van der Waals surface area contributed by atoms with E-state index in [9.17, 15) is 0 Å². The Morgan fingerprint density at radius 3 is 2.72 bits per heavy atom. The van der Waals surface area contributed by atoms with Crippen molar-refractivity contribution in [2.24, 2.45) is 0 Å². The molecule has 0 bridgehead atoms. The van der Waals surface area contributed by atoms with Crippen LogP contribution in [-0.4, -0.2) is 38.0 Å². The highest BCUT2D eigenvalue weighted by Gasteiger charge is 2.31. The molecule has 1 aliphatic rings. The van der Waals surface area contributed by atoms with Gasteiger partial charge in [-0.1, -0.05) is 6.92 Å². The van der Waals surface area contributed by atoms with Crippen LogP contribution >= 0.6 is 0 Å². The molecule has 1 heterocycles. The van der Waals surface area contributed by atoms with E-state index in [1.807, 2.05) is 7.05 Å². The molecule has 1 aliphatic heterocycles.